The van der Waals surface area contributed by atoms with Crippen LogP contribution in [0.1, 0.15) is 24.1 Å². The van der Waals surface area contributed by atoms with E-state index in [9.17, 15) is 0 Å². The molecule has 1 fully saturated rings. The Hall–Kier alpha value is -3.90. The number of hydrogen-bond acceptors (Lipinski definition) is 8. The summed E-state index contributed by atoms with van der Waals surface area (Å²) in [5, 5.41) is 21.8. The average Bonchev–Trinajstić information content (AvgIpc) is 3.14. The number of rotatable bonds is 5. The number of halogens is 1. The quantitative estimate of drug-likeness (QED) is 0.438. The Morgan fingerprint density at radius 3 is 2.68 bits per heavy atom. The van der Waals surface area contributed by atoms with Crippen molar-refractivity contribution in [2.24, 2.45) is 7.05 Å². The molecule has 1 aliphatic heterocycles. The van der Waals surface area contributed by atoms with Gasteiger partial charge in [-0.1, -0.05) is 11.6 Å². The van der Waals surface area contributed by atoms with Crippen molar-refractivity contribution in [2.75, 3.05) is 28.6 Å². The van der Waals surface area contributed by atoms with Crippen LogP contribution < -0.4 is 15.5 Å². The van der Waals surface area contributed by atoms with Gasteiger partial charge in [0.1, 0.15) is 16.9 Å². The molecule has 0 atom stereocenters. The maximum absolute atomic E-state index is 8.95. The molecule has 4 heterocycles. The second-order valence-electron chi connectivity index (χ2n) is 8.38. The number of fused-ring (bicyclic) bond motifs is 1. The van der Waals surface area contributed by atoms with Crippen LogP contribution in [0.2, 0.25) is 5.02 Å². The molecule has 1 saturated heterocycles. The molecule has 0 bridgehead atoms. The Kier molecular flexibility index (Phi) is 5.90. The number of aryl methyl sites for hydroxylation is 2. The molecule has 0 unspecified atom stereocenters. The minimum absolute atomic E-state index is 0.239. The largest absolute Gasteiger partial charge is 0.366 e. The third-order valence-electron chi connectivity index (χ3n) is 6.17. The van der Waals surface area contributed by atoms with E-state index in [4.69, 9.17) is 16.9 Å². The standard InChI is InChI=1S/C24H24ClN9/c1-15-19-5-4-18(11-21(19)32-33(15)2)30-24-28-14-20(25)23(31-24)29-17-7-9-34(10-8-17)22-6-3-16(12-26)13-27-22/h3-6,11,13-14,17H,7-10H2,1-2H3,(H2,28,29,30,31). The highest BCUT2D eigenvalue weighted by Gasteiger charge is 2.21. The fraction of sp³-hybridized carbons (Fsp3) is 0.292. The van der Waals surface area contributed by atoms with Gasteiger partial charge in [-0.2, -0.15) is 15.3 Å². The molecule has 5 rings (SSSR count). The summed E-state index contributed by atoms with van der Waals surface area (Å²) >= 11 is 6.40. The first kappa shape index (κ1) is 21.9. The van der Waals surface area contributed by atoms with Crippen LogP contribution in [0.4, 0.5) is 23.3 Å². The Morgan fingerprint density at radius 1 is 1.12 bits per heavy atom. The van der Waals surface area contributed by atoms with Gasteiger partial charge in [0, 0.05) is 49.1 Å². The SMILES string of the molecule is Cc1c2ccc(Nc3ncc(Cl)c(NC4CCN(c5ccc(C#N)cn5)CC4)n3)cc2nn1C. The Bertz CT molecular complexity index is 1370. The molecule has 2 N–H and O–H groups in total. The summed E-state index contributed by atoms with van der Waals surface area (Å²) in [4.78, 5) is 15.6. The topological polar surface area (TPSA) is 108 Å². The first-order valence-electron chi connectivity index (χ1n) is 11.1. The summed E-state index contributed by atoms with van der Waals surface area (Å²) < 4.78 is 1.87. The van der Waals surface area contributed by atoms with Crippen molar-refractivity contribution in [3.63, 3.8) is 0 Å². The van der Waals surface area contributed by atoms with E-state index in [1.54, 1.807) is 18.5 Å². The second kappa shape index (κ2) is 9.15. The predicted octanol–water partition coefficient (Wildman–Crippen LogP) is 4.42. The lowest BCUT2D eigenvalue weighted by Gasteiger charge is -2.33. The zero-order chi connectivity index (χ0) is 23.7. The molecular weight excluding hydrogens is 450 g/mol. The van der Waals surface area contributed by atoms with Crippen molar-refractivity contribution in [3.05, 3.63) is 59.0 Å². The summed E-state index contributed by atoms with van der Waals surface area (Å²) in [6, 6.07) is 12.1. The molecule has 0 aliphatic carbocycles. The summed E-state index contributed by atoms with van der Waals surface area (Å²) in [6.45, 7) is 3.76. The summed E-state index contributed by atoms with van der Waals surface area (Å²) in [6.07, 6.45) is 5.06. The lowest BCUT2D eigenvalue weighted by Crippen LogP contribution is -2.39. The molecular formula is C24H24ClN9. The van der Waals surface area contributed by atoms with Crippen molar-refractivity contribution in [1.82, 2.24) is 24.7 Å². The fourth-order valence-electron chi connectivity index (χ4n) is 4.15. The van der Waals surface area contributed by atoms with E-state index in [0.29, 0.717) is 22.4 Å². The minimum Gasteiger partial charge on any atom is -0.366 e. The van der Waals surface area contributed by atoms with Gasteiger partial charge in [-0.3, -0.25) is 4.68 Å². The van der Waals surface area contributed by atoms with E-state index < -0.39 is 0 Å². The molecule has 0 radical (unpaired) electrons. The van der Waals surface area contributed by atoms with Crippen molar-refractivity contribution in [2.45, 2.75) is 25.8 Å². The van der Waals surface area contributed by atoms with Gasteiger partial charge in [-0.05, 0) is 50.1 Å². The van der Waals surface area contributed by atoms with Gasteiger partial charge in [0.05, 0.1) is 17.3 Å². The molecule has 0 saturated carbocycles. The van der Waals surface area contributed by atoms with Crippen molar-refractivity contribution < 1.29 is 0 Å². The van der Waals surface area contributed by atoms with E-state index in [1.807, 2.05) is 42.9 Å². The third-order valence-corrected chi connectivity index (χ3v) is 6.44. The summed E-state index contributed by atoms with van der Waals surface area (Å²) in [7, 11) is 1.94. The Morgan fingerprint density at radius 2 is 1.94 bits per heavy atom. The highest BCUT2D eigenvalue weighted by Crippen LogP contribution is 2.27. The fourth-order valence-corrected chi connectivity index (χ4v) is 4.30. The van der Waals surface area contributed by atoms with E-state index in [2.05, 4.69) is 41.7 Å². The normalized spacial score (nSPS) is 14.2. The van der Waals surface area contributed by atoms with Gasteiger partial charge in [0.25, 0.3) is 0 Å². The summed E-state index contributed by atoms with van der Waals surface area (Å²) in [5.41, 5.74) is 3.47. The monoisotopic (exact) mass is 473 g/mol. The number of piperidine rings is 1. The number of aromatic nitrogens is 5. The van der Waals surface area contributed by atoms with Crippen LogP contribution in [-0.4, -0.2) is 43.9 Å². The van der Waals surface area contributed by atoms with Crippen molar-refractivity contribution in [1.29, 1.82) is 5.26 Å². The van der Waals surface area contributed by atoms with Crippen LogP contribution in [0.15, 0.2) is 42.7 Å². The smallest absolute Gasteiger partial charge is 0.229 e. The van der Waals surface area contributed by atoms with Crippen molar-refractivity contribution >= 4 is 45.8 Å². The lowest BCUT2D eigenvalue weighted by molar-refractivity contribution is 0.522. The molecule has 172 valence electrons. The number of nitrogens with one attached hydrogen (secondary N) is 2. The minimum atomic E-state index is 0.239. The Balaban J connectivity index is 1.24. The second-order valence-corrected chi connectivity index (χ2v) is 8.79. The molecule has 1 aromatic carbocycles. The van der Waals surface area contributed by atoms with Crippen LogP contribution in [-0.2, 0) is 7.05 Å². The highest BCUT2D eigenvalue weighted by molar-refractivity contribution is 6.32. The van der Waals surface area contributed by atoms with Crippen molar-refractivity contribution in [3.8, 4) is 6.07 Å². The number of anilines is 4. The van der Waals surface area contributed by atoms with Gasteiger partial charge in [0.15, 0.2) is 5.82 Å². The number of nitriles is 1. The zero-order valence-corrected chi connectivity index (χ0v) is 19.7. The van der Waals surface area contributed by atoms with E-state index in [1.165, 1.54) is 0 Å². The lowest BCUT2D eigenvalue weighted by atomic mass is 10.0. The van der Waals surface area contributed by atoms with Gasteiger partial charge in [-0.25, -0.2) is 9.97 Å². The van der Waals surface area contributed by atoms with E-state index in [0.717, 1.165) is 54.0 Å². The first-order valence-corrected chi connectivity index (χ1v) is 11.5. The van der Waals surface area contributed by atoms with Crippen LogP contribution in [0.5, 0.6) is 0 Å². The Labute approximate surface area is 202 Å². The first-order chi connectivity index (χ1) is 16.5. The highest BCUT2D eigenvalue weighted by atomic mass is 35.5. The van der Waals surface area contributed by atoms with Crippen LogP contribution >= 0.6 is 11.6 Å². The third kappa shape index (κ3) is 4.45. The maximum atomic E-state index is 8.95. The molecule has 0 amide bonds. The predicted molar refractivity (Wildman–Crippen MR) is 134 cm³/mol. The maximum Gasteiger partial charge on any atom is 0.229 e. The van der Waals surface area contributed by atoms with Crippen LogP contribution in [0, 0.1) is 18.3 Å². The van der Waals surface area contributed by atoms with Gasteiger partial charge < -0.3 is 15.5 Å². The molecule has 1 aliphatic rings. The number of nitrogens with zero attached hydrogens (tertiary/aromatic N) is 7. The molecule has 3 aromatic heterocycles. The molecule has 9 nitrogen and oxygen atoms in total. The zero-order valence-electron chi connectivity index (χ0n) is 19.0. The molecule has 0 spiro atoms. The van der Waals surface area contributed by atoms with E-state index in [-0.39, 0.29) is 6.04 Å². The van der Waals surface area contributed by atoms with Crippen LogP contribution in [0.25, 0.3) is 10.9 Å². The van der Waals surface area contributed by atoms with Gasteiger partial charge >= 0.3 is 0 Å². The molecule has 10 heteroatoms. The van der Waals surface area contributed by atoms with Gasteiger partial charge in [0.2, 0.25) is 5.95 Å². The molecule has 34 heavy (non-hydrogen) atoms. The van der Waals surface area contributed by atoms with E-state index >= 15 is 0 Å². The summed E-state index contributed by atoms with van der Waals surface area (Å²) in [5.74, 6) is 1.98. The number of hydrogen-bond donors (Lipinski definition) is 2. The number of pyridine rings is 1. The van der Waals surface area contributed by atoms with Gasteiger partial charge in [-0.15, -0.1) is 0 Å². The molecule has 4 aromatic rings. The number of benzene rings is 1. The average molecular weight is 474 g/mol. The van der Waals surface area contributed by atoms with Crippen LogP contribution in [0.3, 0.4) is 0 Å².